The highest BCUT2D eigenvalue weighted by molar-refractivity contribution is 5.94. The van der Waals surface area contributed by atoms with Crippen molar-refractivity contribution in [3.05, 3.63) is 59.7 Å². The summed E-state index contributed by atoms with van der Waals surface area (Å²) in [5, 5.41) is 5.82. The number of anilines is 1. The maximum atomic E-state index is 13.8. The van der Waals surface area contributed by atoms with Crippen molar-refractivity contribution in [2.45, 2.75) is 6.42 Å². The minimum atomic E-state index is -0.248. The largest absolute Gasteiger partial charge is 0.383 e. The second-order valence-electron chi connectivity index (χ2n) is 5.90. The van der Waals surface area contributed by atoms with Crippen molar-refractivity contribution >= 4 is 47.4 Å². The fourth-order valence-corrected chi connectivity index (χ4v) is 2.63. The van der Waals surface area contributed by atoms with E-state index in [9.17, 15) is 9.18 Å². The number of hydrogen-bond acceptors (Lipinski definition) is 4. The fraction of sp³-hybridized carbons (Fsp3) is 0.263. The monoisotopic (exact) mass is 428 g/mol. The molecule has 0 aliphatic rings. The quantitative estimate of drug-likeness (QED) is 0.480. The van der Waals surface area contributed by atoms with E-state index >= 15 is 0 Å². The van der Waals surface area contributed by atoms with Crippen molar-refractivity contribution in [2.75, 3.05) is 32.1 Å². The number of aromatic amines is 1. The van der Waals surface area contributed by atoms with E-state index in [4.69, 9.17) is 4.74 Å². The van der Waals surface area contributed by atoms with Crippen molar-refractivity contribution in [1.82, 2.24) is 15.3 Å². The van der Waals surface area contributed by atoms with Gasteiger partial charge in [0.25, 0.3) is 0 Å². The summed E-state index contributed by atoms with van der Waals surface area (Å²) in [6, 6.07) is 12.1. The van der Waals surface area contributed by atoms with Gasteiger partial charge in [0.2, 0.25) is 5.91 Å². The summed E-state index contributed by atoms with van der Waals surface area (Å²) in [5.74, 6) is 0.295. The van der Waals surface area contributed by atoms with Gasteiger partial charge in [0, 0.05) is 25.8 Å². The van der Waals surface area contributed by atoms with Crippen molar-refractivity contribution in [3.8, 4) is 0 Å². The van der Waals surface area contributed by atoms with Crippen LogP contribution in [0.15, 0.2) is 42.5 Å². The van der Waals surface area contributed by atoms with E-state index in [2.05, 4.69) is 20.6 Å². The normalized spacial score (nSPS) is 10.2. The Hall–Kier alpha value is -2.19. The maximum Gasteiger partial charge on any atom is 0.238 e. The summed E-state index contributed by atoms with van der Waals surface area (Å²) < 4.78 is 18.7. The number of nitrogens with one attached hydrogen (secondary N) is 3. The first-order chi connectivity index (χ1) is 12.7. The average molecular weight is 429 g/mol. The summed E-state index contributed by atoms with van der Waals surface area (Å²) >= 11 is 0. The van der Waals surface area contributed by atoms with E-state index in [-0.39, 0.29) is 43.1 Å². The first kappa shape index (κ1) is 23.8. The fourth-order valence-electron chi connectivity index (χ4n) is 2.63. The number of amides is 1. The lowest BCUT2D eigenvalue weighted by Crippen LogP contribution is -2.30. The van der Waals surface area contributed by atoms with Gasteiger partial charge in [-0.3, -0.25) is 4.79 Å². The maximum absolute atomic E-state index is 13.8. The molecular formula is C19H23Cl2FN4O2. The molecule has 1 aromatic heterocycles. The Kier molecular flexibility index (Phi) is 9.89. The standard InChI is InChI=1S/C19H21FN4O2.2ClH/c1-26-9-8-21-12-19(25)22-14-6-7-16-17(11-14)24-18(23-16)10-13-4-2-3-5-15(13)20;;/h2-7,11,21H,8-10,12H2,1H3,(H,22,25)(H,23,24);2*1H. The molecule has 0 bridgehead atoms. The molecule has 0 unspecified atom stereocenters. The van der Waals surface area contributed by atoms with Crippen molar-refractivity contribution in [3.63, 3.8) is 0 Å². The van der Waals surface area contributed by atoms with Crippen LogP contribution in [0.1, 0.15) is 11.4 Å². The van der Waals surface area contributed by atoms with Crippen LogP contribution in [0.5, 0.6) is 0 Å². The average Bonchev–Trinajstić information content (AvgIpc) is 3.02. The number of methoxy groups -OCH3 is 1. The highest BCUT2D eigenvalue weighted by Crippen LogP contribution is 2.19. The van der Waals surface area contributed by atoms with E-state index in [1.54, 1.807) is 31.4 Å². The van der Waals surface area contributed by atoms with Crippen molar-refractivity contribution < 1.29 is 13.9 Å². The number of halogens is 3. The van der Waals surface area contributed by atoms with Crippen LogP contribution in [0.25, 0.3) is 11.0 Å². The molecule has 6 nitrogen and oxygen atoms in total. The predicted octanol–water partition coefficient (Wildman–Crippen LogP) is 3.31. The molecule has 2 aromatic carbocycles. The number of nitrogens with zero attached hydrogens (tertiary/aromatic N) is 1. The Morgan fingerprint density at radius 1 is 1.21 bits per heavy atom. The summed E-state index contributed by atoms with van der Waals surface area (Å²) in [4.78, 5) is 19.6. The molecule has 0 saturated carbocycles. The minimum Gasteiger partial charge on any atom is -0.383 e. The molecule has 0 aliphatic heterocycles. The summed E-state index contributed by atoms with van der Waals surface area (Å²) in [6.07, 6.45) is 0.381. The molecule has 1 heterocycles. The number of carbonyl (C=O) groups is 1. The number of fused-ring (bicyclic) bond motifs is 1. The highest BCUT2D eigenvalue weighted by Gasteiger charge is 2.09. The number of H-pyrrole nitrogens is 1. The lowest BCUT2D eigenvalue weighted by atomic mass is 10.1. The van der Waals surface area contributed by atoms with Gasteiger partial charge < -0.3 is 20.4 Å². The van der Waals surface area contributed by atoms with E-state index in [0.717, 1.165) is 11.0 Å². The van der Waals surface area contributed by atoms with Gasteiger partial charge in [-0.2, -0.15) is 0 Å². The van der Waals surface area contributed by atoms with Gasteiger partial charge in [0.05, 0.1) is 24.2 Å². The Morgan fingerprint density at radius 2 is 2.00 bits per heavy atom. The number of ether oxygens (including phenoxy) is 1. The van der Waals surface area contributed by atoms with Gasteiger partial charge in [-0.05, 0) is 29.8 Å². The van der Waals surface area contributed by atoms with Gasteiger partial charge in [-0.25, -0.2) is 9.37 Å². The molecular weight excluding hydrogens is 406 g/mol. The molecule has 0 atom stereocenters. The van der Waals surface area contributed by atoms with Gasteiger partial charge in [-0.1, -0.05) is 18.2 Å². The van der Waals surface area contributed by atoms with Crippen molar-refractivity contribution in [1.29, 1.82) is 0 Å². The molecule has 0 radical (unpaired) electrons. The Morgan fingerprint density at radius 3 is 2.75 bits per heavy atom. The Labute approximate surface area is 175 Å². The summed E-state index contributed by atoms with van der Waals surface area (Å²) in [7, 11) is 1.61. The number of rotatable bonds is 8. The van der Waals surface area contributed by atoms with Crippen LogP contribution < -0.4 is 10.6 Å². The molecule has 3 N–H and O–H groups in total. The van der Waals surface area contributed by atoms with Crippen LogP contribution in [-0.2, 0) is 16.0 Å². The summed E-state index contributed by atoms with van der Waals surface area (Å²) in [6.45, 7) is 1.38. The van der Waals surface area contributed by atoms with Crippen LogP contribution in [0.2, 0.25) is 0 Å². The van der Waals surface area contributed by atoms with E-state index < -0.39 is 0 Å². The van der Waals surface area contributed by atoms with Gasteiger partial charge in [-0.15, -0.1) is 24.8 Å². The molecule has 3 aromatic rings. The zero-order valence-corrected chi connectivity index (χ0v) is 17.0. The zero-order valence-electron chi connectivity index (χ0n) is 15.3. The van der Waals surface area contributed by atoms with Gasteiger partial charge in [0.15, 0.2) is 0 Å². The molecule has 3 rings (SSSR count). The van der Waals surface area contributed by atoms with Crippen LogP contribution in [0.3, 0.4) is 0 Å². The number of benzene rings is 2. The Bertz CT molecular complexity index is 905. The molecule has 0 fully saturated rings. The molecule has 9 heteroatoms. The smallest absolute Gasteiger partial charge is 0.238 e. The number of carbonyl (C=O) groups excluding carboxylic acids is 1. The third-order valence-electron chi connectivity index (χ3n) is 3.90. The van der Waals surface area contributed by atoms with Crippen molar-refractivity contribution in [2.24, 2.45) is 0 Å². The van der Waals surface area contributed by atoms with E-state index in [0.29, 0.717) is 36.6 Å². The first-order valence-electron chi connectivity index (χ1n) is 8.37. The molecule has 0 saturated heterocycles. The second-order valence-corrected chi connectivity index (χ2v) is 5.90. The second kappa shape index (κ2) is 11.6. The predicted molar refractivity (Wildman–Crippen MR) is 113 cm³/mol. The lowest BCUT2D eigenvalue weighted by molar-refractivity contribution is -0.115. The van der Waals surface area contributed by atoms with Crippen LogP contribution >= 0.6 is 24.8 Å². The molecule has 0 spiro atoms. The topological polar surface area (TPSA) is 79.0 Å². The van der Waals surface area contributed by atoms with E-state index in [1.807, 2.05) is 12.1 Å². The molecule has 0 aliphatic carbocycles. The SMILES string of the molecule is COCCNCC(=O)Nc1ccc2nc(Cc3ccccc3F)[nH]c2c1.Cl.Cl. The van der Waals surface area contributed by atoms with Crippen LogP contribution in [-0.4, -0.2) is 42.7 Å². The summed E-state index contributed by atoms with van der Waals surface area (Å²) in [5.41, 5.74) is 2.83. The number of hydrogen-bond donors (Lipinski definition) is 3. The first-order valence-corrected chi connectivity index (χ1v) is 8.37. The van der Waals surface area contributed by atoms with Crippen LogP contribution in [0.4, 0.5) is 10.1 Å². The highest BCUT2D eigenvalue weighted by atomic mass is 35.5. The van der Waals surface area contributed by atoms with Gasteiger partial charge >= 0.3 is 0 Å². The van der Waals surface area contributed by atoms with E-state index in [1.165, 1.54) is 6.07 Å². The zero-order chi connectivity index (χ0) is 18.4. The third-order valence-corrected chi connectivity index (χ3v) is 3.90. The number of aromatic nitrogens is 2. The Balaban J connectivity index is 0.00000196. The molecule has 1 amide bonds. The van der Waals surface area contributed by atoms with Gasteiger partial charge in [0.1, 0.15) is 11.6 Å². The molecule has 152 valence electrons. The minimum absolute atomic E-state index is 0. The molecule has 28 heavy (non-hydrogen) atoms. The van der Waals surface area contributed by atoms with Crippen LogP contribution in [0, 0.1) is 5.82 Å². The third kappa shape index (κ3) is 6.45. The lowest BCUT2D eigenvalue weighted by Gasteiger charge is -2.06. The number of imidazole rings is 1.